The maximum absolute atomic E-state index is 12.0. The molecule has 2 aromatic rings. The van der Waals surface area contributed by atoms with E-state index in [1.54, 1.807) is 24.4 Å². The van der Waals surface area contributed by atoms with Gasteiger partial charge in [-0.3, -0.25) is 4.79 Å². The molecule has 0 radical (unpaired) electrons. The van der Waals surface area contributed by atoms with Crippen molar-refractivity contribution in [1.29, 1.82) is 0 Å². The lowest BCUT2D eigenvalue weighted by Crippen LogP contribution is -2.23. The summed E-state index contributed by atoms with van der Waals surface area (Å²) in [5, 5.41) is 9.77. The molecule has 2 rings (SSSR count). The van der Waals surface area contributed by atoms with Gasteiger partial charge in [0.05, 0.1) is 6.54 Å². The smallest absolute Gasteiger partial charge is 0.251 e. The predicted molar refractivity (Wildman–Crippen MR) is 75.4 cm³/mol. The summed E-state index contributed by atoms with van der Waals surface area (Å²) >= 11 is 0. The van der Waals surface area contributed by atoms with Gasteiger partial charge in [0.15, 0.2) is 0 Å². The zero-order valence-corrected chi connectivity index (χ0v) is 11.6. The van der Waals surface area contributed by atoms with Gasteiger partial charge in [-0.1, -0.05) is 12.1 Å². The number of hydrogen-bond acceptors (Lipinski definition) is 5. The van der Waals surface area contributed by atoms with Gasteiger partial charge in [0, 0.05) is 24.4 Å². The molecule has 6 heteroatoms. The summed E-state index contributed by atoms with van der Waals surface area (Å²) < 4.78 is 4.94. The van der Waals surface area contributed by atoms with Crippen LogP contribution >= 0.6 is 0 Å². The molecule has 0 atom stereocenters. The molecule has 0 spiro atoms. The summed E-state index contributed by atoms with van der Waals surface area (Å²) in [6, 6.07) is 5.21. The van der Waals surface area contributed by atoms with Crippen molar-refractivity contribution in [2.75, 3.05) is 11.9 Å². The van der Waals surface area contributed by atoms with E-state index in [4.69, 9.17) is 4.52 Å². The molecule has 6 nitrogen and oxygen atoms in total. The molecule has 2 N–H and O–H groups in total. The second-order valence-corrected chi connectivity index (χ2v) is 4.47. The number of carbonyl (C=O) groups excluding carboxylic acids is 1. The van der Waals surface area contributed by atoms with Crippen LogP contribution in [0.3, 0.4) is 0 Å². The topological polar surface area (TPSA) is 80.0 Å². The van der Waals surface area contributed by atoms with Gasteiger partial charge >= 0.3 is 0 Å². The van der Waals surface area contributed by atoms with Gasteiger partial charge in [-0.25, -0.2) is 4.98 Å². The van der Waals surface area contributed by atoms with Crippen molar-refractivity contribution in [1.82, 2.24) is 15.5 Å². The van der Waals surface area contributed by atoms with Crippen molar-refractivity contribution in [3.05, 3.63) is 41.4 Å². The molecule has 0 saturated heterocycles. The molecule has 0 aliphatic carbocycles. The minimum Gasteiger partial charge on any atom is -0.370 e. The molecular formula is C14H18N4O2. The number of amides is 1. The molecule has 1 amide bonds. The lowest BCUT2D eigenvalue weighted by Gasteiger charge is -2.06. The number of aromatic nitrogens is 2. The number of nitrogens with one attached hydrogen (secondary N) is 2. The van der Waals surface area contributed by atoms with Crippen molar-refractivity contribution in [3.63, 3.8) is 0 Å². The van der Waals surface area contributed by atoms with Gasteiger partial charge in [-0.2, -0.15) is 0 Å². The second-order valence-electron chi connectivity index (χ2n) is 4.47. The SMILES string of the molecule is CCCNc1cc(C(=O)NCc2cc(C)on2)ccn1. The fourth-order valence-electron chi connectivity index (χ4n) is 1.70. The molecule has 20 heavy (non-hydrogen) atoms. The van der Waals surface area contributed by atoms with E-state index in [1.807, 2.05) is 6.92 Å². The highest BCUT2D eigenvalue weighted by atomic mass is 16.5. The summed E-state index contributed by atoms with van der Waals surface area (Å²) in [5.41, 5.74) is 1.27. The Kier molecular flexibility index (Phi) is 4.70. The number of anilines is 1. The normalized spacial score (nSPS) is 10.3. The van der Waals surface area contributed by atoms with Gasteiger partial charge in [0.1, 0.15) is 17.3 Å². The van der Waals surface area contributed by atoms with Crippen molar-refractivity contribution in [2.45, 2.75) is 26.8 Å². The Balaban J connectivity index is 1.94. The summed E-state index contributed by atoms with van der Waals surface area (Å²) in [4.78, 5) is 16.2. The van der Waals surface area contributed by atoms with E-state index in [0.29, 0.717) is 23.6 Å². The first kappa shape index (κ1) is 14.0. The highest BCUT2D eigenvalue weighted by molar-refractivity contribution is 5.94. The molecule has 2 aromatic heterocycles. The van der Waals surface area contributed by atoms with Gasteiger partial charge in [0.25, 0.3) is 5.91 Å². The van der Waals surface area contributed by atoms with E-state index < -0.39 is 0 Å². The summed E-state index contributed by atoms with van der Waals surface area (Å²) in [6.07, 6.45) is 2.62. The van der Waals surface area contributed by atoms with E-state index in [9.17, 15) is 4.79 Å². The fraction of sp³-hybridized carbons (Fsp3) is 0.357. The van der Waals surface area contributed by atoms with E-state index in [2.05, 4.69) is 27.7 Å². The number of carbonyl (C=O) groups is 1. The first-order chi connectivity index (χ1) is 9.69. The maximum Gasteiger partial charge on any atom is 0.251 e. The van der Waals surface area contributed by atoms with Crippen LogP contribution in [0.2, 0.25) is 0 Å². The first-order valence-corrected chi connectivity index (χ1v) is 6.59. The quantitative estimate of drug-likeness (QED) is 0.843. The summed E-state index contributed by atoms with van der Waals surface area (Å²) in [5.74, 6) is 1.27. The zero-order chi connectivity index (χ0) is 14.4. The van der Waals surface area contributed by atoms with Crippen LogP contribution in [0.1, 0.15) is 35.2 Å². The third-order valence-corrected chi connectivity index (χ3v) is 2.69. The van der Waals surface area contributed by atoms with Crippen LogP contribution in [0.15, 0.2) is 28.9 Å². The Morgan fingerprint density at radius 1 is 1.40 bits per heavy atom. The molecule has 0 aliphatic rings. The van der Waals surface area contributed by atoms with Crippen LogP contribution < -0.4 is 10.6 Å². The van der Waals surface area contributed by atoms with Gasteiger partial charge in [-0.05, 0) is 25.5 Å². The van der Waals surface area contributed by atoms with Crippen molar-refractivity contribution >= 4 is 11.7 Å². The third-order valence-electron chi connectivity index (χ3n) is 2.69. The van der Waals surface area contributed by atoms with Crippen LogP contribution in [0.4, 0.5) is 5.82 Å². The number of hydrogen-bond donors (Lipinski definition) is 2. The Hall–Kier alpha value is -2.37. The largest absolute Gasteiger partial charge is 0.370 e. The maximum atomic E-state index is 12.0. The van der Waals surface area contributed by atoms with Crippen LogP contribution in [0.5, 0.6) is 0 Å². The van der Waals surface area contributed by atoms with Crippen molar-refractivity contribution in [3.8, 4) is 0 Å². The highest BCUT2D eigenvalue weighted by Crippen LogP contribution is 2.07. The van der Waals surface area contributed by atoms with Gasteiger partial charge < -0.3 is 15.2 Å². The molecular weight excluding hydrogens is 256 g/mol. The Bertz CT molecular complexity index is 580. The number of nitrogens with zero attached hydrogens (tertiary/aromatic N) is 2. The standard InChI is InChI=1S/C14H18N4O2/c1-3-5-15-13-8-11(4-6-16-13)14(19)17-9-12-7-10(2)20-18-12/h4,6-8H,3,5,9H2,1-2H3,(H,15,16)(H,17,19). The Labute approximate surface area is 117 Å². The van der Waals surface area contributed by atoms with E-state index in [-0.39, 0.29) is 5.91 Å². The monoisotopic (exact) mass is 274 g/mol. The third kappa shape index (κ3) is 3.81. The molecule has 0 aromatic carbocycles. The van der Waals surface area contributed by atoms with Crippen molar-refractivity contribution < 1.29 is 9.32 Å². The van der Waals surface area contributed by atoms with Crippen LogP contribution in [-0.4, -0.2) is 22.6 Å². The lowest BCUT2D eigenvalue weighted by atomic mass is 10.2. The molecule has 0 bridgehead atoms. The van der Waals surface area contributed by atoms with Crippen LogP contribution in [-0.2, 0) is 6.54 Å². The molecule has 0 unspecified atom stereocenters. The van der Waals surface area contributed by atoms with E-state index in [1.165, 1.54) is 0 Å². The summed E-state index contributed by atoms with van der Waals surface area (Å²) in [6.45, 7) is 5.06. The fourth-order valence-corrected chi connectivity index (χ4v) is 1.70. The predicted octanol–water partition coefficient (Wildman–Crippen LogP) is 2.13. The molecule has 0 saturated carbocycles. The number of aryl methyl sites for hydroxylation is 1. The molecule has 0 fully saturated rings. The van der Waals surface area contributed by atoms with Crippen molar-refractivity contribution in [2.24, 2.45) is 0 Å². The first-order valence-electron chi connectivity index (χ1n) is 6.59. The van der Waals surface area contributed by atoms with E-state index >= 15 is 0 Å². The average Bonchev–Trinajstić information content (AvgIpc) is 2.88. The average molecular weight is 274 g/mol. The number of rotatable bonds is 6. The van der Waals surface area contributed by atoms with Crippen LogP contribution in [0.25, 0.3) is 0 Å². The zero-order valence-electron chi connectivity index (χ0n) is 11.6. The lowest BCUT2D eigenvalue weighted by molar-refractivity contribution is 0.0950. The minimum atomic E-state index is -0.160. The Morgan fingerprint density at radius 3 is 2.95 bits per heavy atom. The minimum absolute atomic E-state index is 0.160. The number of pyridine rings is 1. The highest BCUT2D eigenvalue weighted by Gasteiger charge is 2.08. The molecule has 0 aliphatic heterocycles. The Morgan fingerprint density at radius 2 is 2.25 bits per heavy atom. The molecule has 2 heterocycles. The van der Waals surface area contributed by atoms with Gasteiger partial charge in [-0.15, -0.1) is 0 Å². The van der Waals surface area contributed by atoms with E-state index in [0.717, 1.165) is 18.7 Å². The second kappa shape index (κ2) is 6.70. The van der Waals surface area contributed by atoms with Crippen LogP contribution in [0, 0.1) is 6.92 Å². The van der Waals surface area contributed by atoms with Gasteiger partial charge in [0.2, 0.25) is 0 Å². The molecule has 106 valence electrons. The summed E-state index contributed by atoms with van der Waals surface area (Å²) in [7, 11) is 0.